The van der Waals surface area contributed by atoms with Crippen LogP contribution in [-0.2, 0) is 0 Å². The van der Waals surface area contributed by atoms with Gasteiger partial charge in [0.15, 0.2) is 0 Å². The molecule has 84 valence electrons. The van der Waals surface area contributed by atoms with Crippen molar-refractivity contribution >= 4 is 0 Å². The average molecular weight is 199 g/mol. The van der Waals surface area contributed by atoms with Gasteiger partial charge in [-0.25, -0.2) is 0 Å². The smallest absolute Gasteiger partial charge is 0.00127 e. The number of hydrogen-bond donors (Lipinski definition) is 2. The van der Waals surface area contributed by atoms with Crippen LogP contribution in [0.4, 0.5) is 0 Å². The number of piperidine rings is 1. The molecule has 0 bridgehead atoms. The summed E-state index contributed by atoms with van der Waals surface area (Å²) in [6, 6.07) is 0. The molecule has 0 aromatic rings. The number of hydrogen-bond acceptors (Lipinski definition) is 3. The first-order valence-corrected chi connectivity index (χ1v) is 5.85. The summed E-state index contributed by atoms with van der Waals surface area (Å²) >= 11 is 0. The molecule has 0 atom stereocenters. The molecule has 14 heavy (non-hydrogen) atoms. The van der Waals surface area contributed by atoms with Gasteiger partial charge in [0.2, 0.25) is 0 Å². The summed E-state index contributed by atoms with van der Waals surface area (Å²) in [4.78, 5) is 2.24. The standard InChI is InChI=1S/C11H25N3/c1-14(2)9-3-6-13-10-11-4-7-12-8-5-11/h11-13H,3-10H2,1-2H3. The zero-order valence-corrected chi connectivity index (χ0v) is 9.68. The van der Waals surface area contributed by atoms with Crippen LogP contribution < -0.4 is 10.6 Å². The lowest BCUT2D eigenvalue weighted by atomic mass is 9.98. The summed E-state index contributed by atoms with van der Waals surface area (Å²) in [6.07, 6.45) is 3.96. The van der Waals surface area contributed by atoms with Crippen molar-refractivity contribution < 1.29 is 0 Å². The molecule has 0 unspecified atom stereocenters. The van der Waals surface area contributed by atoms with Crippen molar-refractivity contribution in [2.24, 2.45) is 5.92 Å². The fraction of sp³-hybridized carbons (Fsp3) is 1.00. The van der Waals surface area contributed by atoms with Crippen molar-refractivity contribution in [2.45, 2.75) is 19.3 Å². The van der Waals surface area contributed by atoms with E-state index in [2.05, 4.69) is 29.6 Å². The van der Waals surface area contributed by atoms with E-state index in [1.807, 2.05) is 0 Å². The maximum absolute atomic E-state index is 3.56. The van der Waals surface area contributed by atoms with E-state index in [9.17, 15) is 0 Å². The highest BCUT2D eigenvalue weighted by atomic mass is 15.1. The molecule has 0 saturated carbocycles. The first-order chi connectivity index (χ1) is 6.79. The molecule has 3 heteroatoms. The predicted molar refractivity (Wildman–Crippen MR) is 61.6 cm³/mol. The highest BCUT2D eigenvalue weighted by Crippen LogP contribution is 2.09. The second kappa shape index (κ2) is 7.21. The van der Waals surface area contributed by atoms with Gasteiger partial charge in [-0.15, -0.1) is 0 Å². The van der Waals surface area contributed by atoms with Crippen LogP contribution in [0.15, 0.2) is 0 Å². The SMILES string of the molecule is CN(C)CCCNCC1CCNCC1. The predicted octanol–water partition coefficient (Wildman–Crippen LogP) is 0.527. The van der Waals surface area contributed by atoms with Gasteiger partial charge in [0.25, 0.3) is 0 Å². The zero-order valence-electron chi connectivity index (χ0n) is 9.68. The van der Waals surface area contributed by atoms with Gasteiger partial charge in [0.1, 0.15) is 0 Å². The number of nitrogens with one attached hydrogen (secondary N) is 2. The molecule has 0 aromatic carbocycles. The van der Waals surface area contributed by atoms with E-state index in [-0.39, 0.29) is 0 Å². The van der Waals surface area contributed by atoms with Crippen LogP contribution in [0.1, 0.15) is 19.3 Å². The molecule has 0 radical (unpaired) electrons. The van der Waals surface area contributed by atoms with Crippen molar-refractivity contribution in [1.82, 2.24) is 15.5 Å². The Morgan fingerprint density at radius 2 is 2.00 bits per heavy atom. The second-order valence-electron chi connectivity index (χ2n) is 4.55. The minimum absolute atomic E-state index is 0.913. The van der Waals surface area contributed by atoms with Crippen molar-refractivity contribution in [1.29, 1.82) is 0 Å². The van der Waals surface area contributed by atoms with E-state index >= 15 is 0 Å². The Bertz CT molecular complexity index is 130. The molecule has 1 heterocycles. The van der Waals surface area contributed by atoms with E-state index < -0.39 is 0 Å². The van der Waals surface area contributed by atoms with Crippen LogP contribution >= 0.6 is 0 Å². The maximum atomic E-state index is 3.56. The molecule has 1 rings (SSSR count). The van der Waals surface area contributed by atoms with Crippen molar-refractivity contribution in [2.75, 3.05) is 46.8 Å². The van der Waals surface area contributed by atoms with Crippen LogP contribution in [-0.4, -0.2) is 51.7 Å². The average Bonchev–Trinajstić information content (AvgIpc) is 2.18. The fourth-order valence-electron chi connectivity index (χ4n) is 1.91. The third-order valence-electron chi connectivity index (χ3n) is 2.85. The summed E-state index contributed by atoms with van der Waals surface area (Å²) in [5, 5.41) is 6.95. The quantitative estimate of drug-likeness (QED) is 0.611. The molecule has 2 N–H and O–H groups in total. The van der Waals surface area contributed by atoms with Gasteiger partial charge in [-0.3, -0.25) is 0 Å². The van der Waals surface area contributed by atoms with Crippen LogP contribution in [0, 0.1) is 5.92 Å². The van der Waals surface area contributed by atoms with Crippen molar-refractivity contribution in [3.63, 3.8) is 0 Å². The third-order valence-corrected chi connectivity index (χ3v) is 2.85. The summed E-state index contributed by atoms with van der Waals surface area (Å²) in [5.74, 6) is 0.913. The normalized spacial score (nSPS) is 19.1. The van der Waals surface area contributed by atoms with Gasteiger partial charge in [-0.2, -0.15) is 0 Å². The lowest BCUT2D eigenvalue weighted by Crippen LogP contribution is -2.34. The highest BCUT2D eigenvalue weighted by Gasteiger charge is 2.11. The molecule has 0 aromatic heterocycles. The van der Waals surface area contributed by atoms with Crippen molar-refractivity contribution in [3.05, 3.63) is 0 Å². The van der Waals surface area contributed by atoms with Gasteiger partial charge >= 0.3 is 0 Å². The van der Waals surface area contributed by atoms with Gasteiger partial charge in [0.05, 0.1) is 0 Å². The minimum atomic E-state index is 0.913. The molecular weight excluding hydrogens is 174 g/mol. The number of nitrogens with zero attached hydrogens (tertiary/aromatic N) is 1. The summed E-state index contributed by atoms with van der Waals surface area (Å²) < 4.78 is 0. The first-order valence-electron chi connectivity index (χ1n) is 5.85. The van der Waals surface area contributed by atoms with Crippen molar-refractivity contribution in [3.8, 4) is 0 Å². The molecule has 1 saturated heterocycles. The molecule has 3 nitrogen and oxygen atoms in total. The van der Waals surface area contributed by atoms with Crippen LogP contribution in [0.5, 0.6) is 0 Å². The fourth-order valence-corrected chi connectivity index (χ4v) is 1.91. The Morgan fingerprint density at radius 3 is 2.64 bits per heavy atom. The summed E-state index contributed by atoms with van der Waals surface area (Å²) in [7, 11) is 4.26. The van der Waals surface area contributed by atoms with E-state index in [1.165, 1.54) is 52.0 Å². The molecule has 0 amide bonds. The Labute approximate surface area is 88.2 Å². The van der Waals surface area contributed by atoms with E-state index in [1.54, 1.807) is 0 Å². The molecule has 1 fully saturated rings. The highest BCUT2D eigenvalue weighted by molar-refractivity contribution is 4.70. The monoisotopic (exact) mass is 199 g/mol. The molecule has 0 spiro atoms. The maximum Gasteiger partial charge on any atom is -0.00127 e. The van der Waals surface area contributed by atoms with Gasteiger partial charge < -0.3 is 15.5 Å². The molecule has 0 aliphatic carbocycles. The first kappa shape index (κ1) is 12.0. The summed E-state index contributed by atoms with van der Waals surface area (Å²) in [5.41, 5.74) is 0. The zero-order chi connectivity index (χ0) is 10.2. The largest absolute Gasteiger partial charge is 0.317 e. The lowest BCUT2D eigenvalue weighted by molar-refractivity contribution is 0.347. The number of rotatable bonds is 6. The van der Waals surface area contributed by atoms with E-state index in [0.717, 1.165) is 5.92 Å². The van der Waals surface area contributed by atoms with Crippen LogP contribution in [0.3, 0.4) is 0 Å². The van der Waals surface area contributed by atoms with E-state index in [4.69, 9.17) is 0 Å². The van der Waals surface area contributed by atoms with E-state index in [0.29, 0.717) is 0 Å². The Hall–Kier alpha value is -0.120. The van der Waals surface area contributed by atoms with Gasteiger partial charge in [-0.1, -0.05) is 0 Å². The van der Waals surface area contributed by atoms with Gasteiger partial charge in [0, 0.05) is 0 Å². The lowest BCUT2D eigenvalue weighted by Gasteiger charge is -2.22. The van der Waals surface area contributed by atoms with Gasteiger partial charge in [-0.05, 0) is 72.0 Å². The minimum Gasteiger partial charge on any atom is -0.317 e. The molecule has 1 aliphatic heterocycles. The van der Waals surface area contributed by atoms with Crippen LogP contribution in [0.2, 0.25) is 0 Å². The Balaban J connectivity index is 1.87. The molecule has 1 aliphatic rings. The second-order valence-corrected chi connectivity index (χ2v) is 4.55. The molecular formula is C11H25N3. The summed E-state index contributed by atoms with van der Waals surface area (Å²) in [6.45, 7) is 6.00. The topological polar surface area (TPSA) is 27.3 Å². The van der Waals surface area contributed by atoms with Crippen LogP contribution in [0.25, 0.3) is 0 Å². The Kier molecular flexibility index (Phi) is 6.15. The third kappa shape index (κ3) is 5.58. The Morgan fingerprint density at radius 1 is 1.29 bits per heavy atom.